The van der Waals surface area contributed by atoms with Crippen molar-refractivity contribution in [1.82, 2.24) is 5.32 Å². The van der Waals surface area contributed by atoms with Crippen LogP contribution in [0.3, 0.4) is 0 Å². The Morgan fingerprint density at radius 1 is 1.23 bits per heavy atom. The Labute approximate surface area is 82.7 Å². The molecule has 2 atom stereocenters. The highest BCUT2D eigenvalue weighted by molar-refractivity contribution is 4.81. The molecule has 0 aliphatic carbocycles. The Hall–Kier alpha value is -0.0800. The Kier molecular flexibility index (Phi) is 4.40. The Balaban J connectivity index is 3.90. The van der Waals surface area contributed by atoms with Gasteiger partial charge in [0.1, 0.15) is 0 Å². The van der Waals surface area contributed by atoms with Gasteiger partial charge in [0.2, 0.25) is 0 Å². The highest BCUT2D eigenvalue weighted by atomic mass is 16.3. The molecule has 0 aromatic heterocycles. The summed E-state index contributed by atoms with van der Waals surface area (Å²) in [6.45, 7) is 13.3. The molecule has 0 radical (unpaired) electrons. The largest absolute Gasteiger partial charge is 0.389 e. The van der Waals surface area contributed by atoms with Crippen LogP contribution in [0.4, 0.5) is 0 Å². The van der Waals surface area contributed by atoms with E-state index in [4.69, 9.17) is 0 Å². The Morgan fingerprint density at radius 2 is 1.69 bits per heavy atom. The molecule has 0 saturated heterocycles. The topological polar surface area (TPSA) is 32.3 Å². The van der Waals surface area contributed by atoms with Gasteiger partial charge in [-0.3, -0.25) is 0 Å². The van der Waals surface area contributed by atoms with Crippen LogP contribution in [0.5, 0.6) is 0 Å². The van der Waals surface area contributed by atoms with Crippen LogP contribution >= 0.6 is 0 Å². The molecule has 0 aromatic rings. The first-order valence-electron chi connectivity index (χ1n) is 5.15. The zero-order chi connectivity index (χ0) is 10.7. The van der Waals surface area contributed by atoms with E-state index in [2.05, 4.69) is 33.0 Å². The van der Waals surface area contributed by atoms with Gasteiger partial charge in [-0.1, -0.05) is 27.7 Å². The zero-order valence-electron chi connectivity index (χ0n) is 9.94. The number of hydrogen-bond acceptors (Lipinski definition) is 2. The van der Waals surface area contributed by atoms with Crippen molar-refractivity contribution in [1.29, 1.82) is 0 Å². The first-order valence-corrected chi connectivity index (χ1v) is 5.15. The smallest absolute Gasteiger partial charge is 0.0741 e. The zero-order valence-corrected chi connectivity index (χ0v) is 9.94. The summed E-state index contributed by atoms with van der Waals surface area (Å²) < 4.78 is 0. The van der Waals surface area contributed by atoms with Gasteiger partial charge in [0, 0.05) is 12.6 Å². The number of nitrogens with one attached hydrogen (secondary N) is 1. The van der Waals surface area contributed by atoms with Crippen LogP contribution in [0.2, 0.25) is 0 Å². The molecular formula is C11H25NO. The van der Waals surface area contributed by atoms with Gasteiger partial charge in [-0.2, -0.15) is 0 Å². The van der Waals surface area contributed by atoms with E-state index in [0.29, 0.717) is 12.6 Å². The predicted molar refractivity (Wildman–Crippen MR) is 57.8 cm³/mol. The van der Waals surface area contributed by atoms with Crippen LogP contribution in [0, 0.1) is 5.41 Å². The van der Waals surface area contributed by atoms with Crippen LogP contribution in [0.15, 0.2) is 0 Å². The lowest BCUT2D eigenvalue weighted by Gasteiger charge is -2.31. The average Bonchev–Trinajstić information content (AvgIpc) is 1.98. The third-order valence-electron chi connectivity index (χ3n) is 2.85. The molecule has 0 heterocycles. The van der Waals surface area contributed by atoms with Gasteiger partial charge in [-0.25, -0.2) is 0 Å². The molecule has 0 spiro atoms. The minimum atomic E-state index is -0.570. The molecule has 2 unspecified atom stereocenters. The van der Waals surface area contributed by atoms with E-state index in [-0.39, 0.29) is 5.41 Å². The van der Waals surface area contributed by atoms with Gasteiger partial charge >= 0.3 is 0 Å². The van der Waals surface area contributed by atoms with Crippen molar-refractivity contribution < 1.29 is 5.11 Å². The summed E-state index contributed by atoms with van der Waals surface area (Å²) in [6, 6.07) is 0.422. The molecule has 0 aliphatic heterocycles. The van der Waals surface area contributed by atoms with E-state index in [9.17, 15) is 5.11 Å². The molecule has 2 heteroatoms. The summed E-state index contributed by atoms with van der Waals surface area (Å²) >= 11 is 0. The molecule has 2 nitrogen and oxygen atoms in total. The quantitative estimate of drug-likeness (QED) is 0.707. The summed E-state index contributed by atoms with van der Waals surface area (Å²) in [4.78, 5) is 0. The van der Waals surface area contributed by atoms with Crippen LogP contribution < -0.4 is 5.32 Å². The lowest BCUT2D eigenvalue weighted by molar-refractivity contribution is 0.0488. The van der Waals surface area contributed by atoms with Crippen molar-refractivity contribution in [2.75, 3.05) is 6.54 Å². The lowest BCUT2D eigenvalue weighted by Crippen LogP contribution is -2.45. The summed E-state index contributed by atoms with van der Waals surface area (Å²) in [5.74, 6) is 0. The molecule has 0 aromatic carbocycles. The van der Waals surface area contributed by atoms with Crippen molar-refractivity contribution in [2.24, 2.45) is 5.41 Å². The summed E-state index contributed by atoms with van der Waals surface area (Å²) in [5, 5.41) is 13.1. The second kappa shape index (κ2) is 4.43. The van der Waals surface area contributed by atoms with E-state index >= 15 is 0 Å². The summed E-state index contributed by atoms with van der Waals surface area (Å²) in [5.41, 5.74) is -0.316. The minimum Gasteiger partial charge on any atom is -0.389 e. The predicted octanol–water partition coefficient (Wildman–Crippen LogP) is 2.17. The van der Waals surface area contributed by atoms with Gasteiger partial charge in [-0.15, -0.1) is 0 Å². The number of hydrogen-bond donors (Lipinski definition) is 2. The van der Waals surface area contributed by atoms with E-state index in [1.54, 1.807) is 0 Å². The van der Waals surface area contributed by atoms with Crippen LogP contribution in [0.1, 0.15) is 48.0 Å². The maximum Gasteiger partial charge on any atom is 0.0741 e. The average molecular weight is 187 g/mol. The van der Waals surface area contributed by atoms with Gasteiger partial charge < -0.3 is 10.4 Å². The molecule has 0 saturated carbocycles. The molecule has 0 rings (SSSR count). The standard InChI is InChI=1S/C11H25NO/c1-7-11(6,13)8-12-9(2)10(3,4)5/h9,12-13H,7-8H2,1-6H3. The minimum absolute atomic E-state index is 0.254. The maximum atomic E-state index is 9.78. The summed E-state index contributed by atoms with van der Waals surface area (Å²) in [7, 11) is 0. The highest BCUT2D eigenvalue weighted by Gasteiger charge is 2.23. The van der Waals surface area contributed by atoms with Crippen molar-refractivity contribution in [3.63, 3.8) is 0 Å². The second-order valence-electron chi connectivity index (χ2n) is 5.32. The van der Waals surface area contributed by atoms with Crippen LogP contribution in [-0.2, 0) is 0 Å². The van der Waals surface area contributed by atoms with Crippen molar-refractivity contribution in [2.45, 2.75) is 59.6 Å². The lowest BCUT2D eigenvalue weighted by atomic mass is 9.87. The third-order valence-corrected chi connectivity index (χ3v) is 2.85. The molecular weight excluding hydrogens is 162 g/mol. The molecule has 0 fully saturated rings. The molecule has 2 N–H and O–H groups in total. The Morgan fingerprint density at radius 3 is 2.00 bits per heavy atom. The highest BCUT2D eigenvalue weighted by Crippen LogP contribution is 2.19. The van der Waals surface area contributed by atoms with E-state index in [0.717, 1.165) is 6.42 Å². The van der Waals surface area contributed by atoms with E-state index in [1.165, 1.54) is 0 Å². The first kappa shape index (κ1) is 12.9. The first-order chi connectivity index (χ1) is 5.69. The third kappa shape index (κ3) is 5.27. The van der Waals surface area contributed by atoms with Gasteiger partial charge in [0.05, 0.1) is 5.60 Å². The van der Waals surface area contributed by atoms with Crippen LogP contribution in [-0.4, -0.2) is 23.3 Å². The Bertz CT molecular complexity index is 147. The van der Waals surface area contributed by atoms with Gasteiger partial charge in [0.15, 0.2) is 0 Å². The van der Waals surface area contributed by atoms with Gasteiger partial charge in [0.25, 0.3) is 0 Å². The fraction of sp³-hybridized carbons (Fsp3) is 1.00. The fourth-order valence-corrected chi connectivity index (χ4v) is 0.804. The molecule has 80 valence electrons. The maximum absolute atomic E-state index is 9.78. The monoisotopic (exact) mass is 187 g/mol. The molecule has 0 amide bonds. The van der Waals surface area contributed by atoms with E-state index in [1.807, 2.05) is 13.8 Å². The fourth-order valence-electron chi connectivity index (χ4n) is 0.804. The number of rotatable bonds is 4. The van der Waals surface area contributed by atoms with Crippen molar-refractivity contribution in [3.05, 3.63) is 0 Å². The SMILES string of the molecule is CCC(C)(O)CNC(C)C(C)(C)C. The van der Waals surface area contributed by atoms with E-state index < -0.39 is 5.60 Å². The molecule has 0 aliphatic rings. The number of aliphatic hydroxyl groups is 1. The second-order valence-corrected chi connectivity index (χ2v) is 5.32. The van der Waals surface area contributed by atoms with Gasteiger partial charge in [-0.05, 0) is 25.7 Å². The normalized spacial score (nSPS) is 19.6. The van der Waals surface area contributed by atoms with Crippen molar-refractivity contribution in [3.8, 4) is 0 Å². The molecule has 0 bridgehead atoms. The van der Waals surface area contributed by atoms with Crippen molar-refractivity contribution >= 4 is 0 Å². The summed E-state index contributed by atoms with van der Waals surface area (Å²) in [6.07, 6.45) is 0.789. The molecule has 13 heavy (non-hydrogen) atoms. The van der Waals surface area contributed by atoms with Crippen LogP contribution in [0.25, 0.3) is 0 Å².